The minimum Gasteiger partial charge on any atom is -0.494 e. The quantitative estimate of drug-likeness (QED) is 0.661. The van der Waals surface area contributed by atoms with Gasteiger partial charge in [0.2, 0.25) is 5.91 Å². The van der Waals surface area contributed by atoms with Crippen LogP contribution in [0, 0.1) is 0 Å². The molecular formula is C24H36N2O4. The molecule has 30 heavy (non-hydrogen) atoms. The Morgan fingerprint density at radius 2 is 1.70 bits per heavy atom. The molecule has 1 heterocycles. The second kappa shape index (κ2) is 9.71. The predicted octanol–water partition coefficient (Wildman–Crippen LogP) is 4.41. The lowest BCUT2D eigenvalue weighted by atomic mass is 10.0. The van der Waals surface area contributed by atoms with Gasteiger partial charge in [-0.1, -0.05) is 18.2 Å². The van der Waals surface area contributed by atoms with E-state index in [1.165, 1.54) is 0 Å². The Hall–Kier alpha value is -2.24. The number of aryl methyl sites for hydroxylation is 1. The lowest BCUT2D eigenvalue weighted by Crippen LogP contribution is -2.50. The van der Waals surface area contributed by atoms with Crippen molar-refractivity contribution < 1.29 is 19.1 Å². The van der Waals surface area contributed by atoms with Gasteiger partial charge in [-0.25, -0.2) is 4.79 Å². The van der Waals surface area contributed by atoms with E-state index in [0.717, 1.165) is 37.0 Å². The average Bonchev–Trinajstić information content (AvgIpc) is 3.52. The Morgan fingerprint density at radius 3 is 2.30 bits per heavy atom. The highest BCUT2D eigenvalue weighted by molar-refractivity contribution is 5.77. The summed E-state index contributed by atoms with van der Waals surface area (Å²) in [6.45, 7) is 9.53. The van der Waals surface area contributed by atoms with Crippen LogP contribution in [0.3, 0.4) is 0 Å². The molecule has 0 N–H and O–H groups in total. The first kappa shape index (κ1) is 22.4. The van der Waals surface area contributed by atoms with Crippen molar-refractivity contribution in [1.29, 1.82) is 0 Å². The Morgan fingerprint density at radius 1 is 1.07 bits per heavy atom. The maximum atomic E-state index is 13.1. The fraction of sp³-hybridized carbons (Fsp3) is 0.667. The highest BCUT2D eigenvalue weighted by atomic mass is 16.6. The van der Waals surface area contributed by atoms with E-state index in [2.05, 4.69) is 4.90 Å². The standard InChI is InChI=1S/C24H36N2O4/c1-5-29-21-9-7-6-8-18(21)10-13-22(27)26(19-11-12-19)20-14-16-25(17-15-20)23(28)30-24(2,3)4/h6-9,19-20H,5,10-17H2,1-4H3. The number of ether oxygens (including phenoxy) is 2. The number of carbonyl (C=O) groups is 2. The molecule has 1 aliphatic carbocycles. The van der Waals surface area contributed by atoms with Crippen molar-refractivity contribution in [3.05, 3.63) is 29.8 Å². The molecule has 166 valence electrons. The maximum absolute atomic E-state index is 13.1. The Balaban J connectivity index is 1.55. The van der Waals surface area contributed by atoms with Crippen LogP contribution >= 0.6 is 0 Å². The van der Waals surface area contributed by atoms with Crippen LogP contribution in [0.25, 0.3) is 0 Å². The molecule has 1 saturated heterocycles. The van der Waals surface area contributed by atoms with Gasteiger partial charge in [0.05, 0.1) is 6.61 Å². The largest absolute Gasteiger partial charge is 0.494 e. The van der Waals surface area contributed by atoms with Gasteiger partial charge < -0.3 is 19.3 Å². The molecule has 3 rings (SSSR count). The van der Waals surface area contributed by atoms with Crippen molar-refractivity contribution >= 4 is 12.0 Å². The first-order chi connectivity index (χ1) is 14.3. The molecule has 1 saturated carbocycles. The SMILES string of the molecule is CCOc1ccccc1CCC(=O)N(C1CC1)C1CCN(C(=O)OC(C)(C)C)CC1. The molecule has 6 nitrogen and oxygen atoms in total. The van der Waals surface area contributed by atoms with E-state index < -0.39 is 5.60 Å². The molecule has 0 spiro atoms. The number of piperidine rings is 1. The molecule has 1 aromatic carbocycles. The average molecular weight is 417 g/mol. The van der Waals surface area contributed by atoms with E-state index in [9.17, 15) is 9.59 Å². The number of para-hydroxylation sites is 1. The van der Waals surface area contributed by atoms with Crippen molar-refractivity contribution in [1.82, 2.24) is 9.80 Å². The first-order valence-electron chi connectivity index (χ1n) is 11.3. The monoisotopic (exact) mass is 416 g/mol. The summed E-state index contributed by atoms with van der Waals surface area (Å²) >= 11 is 0. The third kappa shape index (κ3) is 6.13. The van der Waals surface area contributed by atoms with Crippen LogP contribution in [-0.2, 0) is 16.0 Å². The molecule has 2 aliphatic rings. The molecule has 0 atom stereocenters. The summed E-state index contributed by atoms with van der Waals surface area (Å²) in [5, 5.41) is 0. The molecule has 0 aromatic heterocycles. The maximum Gasteiger partial charge on any atom is 0.410 e. The van der Waals surface area contributed by atoms with Gasteiger partial charge in [-0.15, -0.1) is 0 Å². The minimum absolute atomic E-state index is 0.214. The number of carbonyl (C=O) groups excluding carboxylic acids is 2. The zero-order valence-electron chi connectivity index (χ0n) is 18.9. The predicted molar refractivity (Wildman–Crippen MR) is 117 cm³/mol. The van der Waals surface area contributed by atoms with Crippen molar-refractivity contribution in [2.75, 3.05) is 19.7 Å². The molecule has 1 aliphatic heterocycles. The van der Waals surface area contributed by atoms with Gasteiger partial charge in [-0.3, -0.25) is 4.79 Å². The lowest BCUT2D eigenvalue weighted by Gasteiger charge is -2.39. The van der Waals surface area contributed by atoms with Gasteiger partial charge >= 0.3 is 6.09 Å². The van der Waals surface area contributed by atoms with Crippen LogP contribution in [0.4, 0.5) is 4.79 Å². The van der Waals surface area contributed by atoms with Crippen LogP contribution in [0.5, 0.6) is 5.75 Å². The van der Waals surface area contributed by atoms with E-state index in [1.807, 2.05) is 52.0 Å². The van der Waals surface area contributed by atoms with Gasteiger partial charge in [0.1, 0.15) is 11.4 Å². The second-order valence-corrected chi connectivity index (χ2v) is 9.27. The molecule has 0 bridgehead atoms. The minimum atomic E-state index is -0.484. The van der Waals surface area contributed by atoms with Crippen molar-refractivity contribution in [3.63, 3.8) is 0 Å². The van der Waals surface area contributed by atoms with Gasteiger partial charge in [0.15, 0.2) is 0 Å². The van der Waals surface area contributed by atoms with E-state index >= 15 is 0 Å². The highest BCUT2D eigenvalue weighted by Crippen LogP contribution is 2.33. The van der Waals surface area contributed by atoms with Crippen molar-refractivity contribution in [3.8, 4) is 5.75 Å². The van der Waals surface area contributed by atoms with Gasteiger partial charge in [-0.2, -0.15) is 0 Å². The van der Waals surface area contributed by atoms with E-state index in [1.54, 1.807) is 4.90 Å². The van der Waals surface area contributed by atoms with Crippen LogP contribution in [0.2, 0.25) is 0 Å². The molecule has 6 heteroatoms. The van der Waals surface area contributed by atoms with Crippen LogP contribution in [-0.4, -0.2) is 59.2 Å². The van der Waals surface area contributed by atoms with Crippen molar-refractivity contribution in [2.45, 2.75) is 83.9 Å². The van der Waals surface area contributed by atoms with Crippen molar-refractivity contribution in [2.24, 2.45) is 0 Å². The van der Waals surface area contributed by atoms with Crippen LogP contribution in [0.1, 0.15) is 65.4 Å². The normalized spacial score (nSPS) is 17.5. The molecule has 2 fully saturated rings. The van der Waals surface area contributed by atoms with E-state index in [-0.39, 0.29) is 18.0 Å². The first-order valence-corrected chi connectivity index (χ1v) is 11.3. The number of hydrogen-bond acceptors (Lipinski definition) is 4. The highest BCUT2D eigenvalue weighted by Gasteiger charge is 2.39. The summed E-state index contributed by atoms with van der Waals surface area (Å²) in [6, 6.07) is 8.55. The van der Waals surface area contributed by atoms with Gasteiger partial charge in [0, 0.05) is 31.6 Å². The molecule has 2 amide bonds. The summed E-state index contributed by atoms with van der Waals surface area (Å²) in [5.74, 6) is 1.09. The topological polar surface area (TPSA) is 59.1 Å². The van der Waals surface area contributed by atoms with Crippen LogP contribution < -0.4 is 4.74 Å². The number of benzene rings is 1. The van der Waals surface area contributed by atoms with Gasteiger partial charge in [-0.05, 0) is 71.4 Å². The summed E-state index contributed by atoms with van der Waals surface area (Å²) in [7, 11) is 0. The third-order valence-electron chi connectivity index (χ3n) is 5.62. The summed E-state index contributed by atoms with van der Waals surface area (Å²) < 4.78 is 11.2. The summed E-state index contributed by atoms with van der Waals surface area (Å²) in [6.07, 6.45) is 4.74. The fourth-order valence-corrected chi connectivity index (χ4v) is 4.09. The number of nitrogens with zero attached hydrogens (tertiary/aromatic N) is 2. The smallest absolute Gasteiger partial charge is 0.410 e. The van der Waals surface area contributed by atoms with Crippen LogP contribution in [0.15, 0.2) is 24.3 Å². The van der Waals surface area contributed by atoms with E-state index in [0.29, 0.717) is 38.6 Å². The number of rotatable bonds is 7. The number of amides is 2. The summed E-state index contributed by atoms with van der Waals surface area (Å²) in [5.41, 5.74) is 0.602. The second-order valence-electron chi connectivity index (χ2n) is 9.27. The molecule has 0 unspecified atom stereocenters. The number of hydrogen-bond donors (Lipinski definition) is 0. The molecule has 0 radical (unpaired) electrons. The fourth-order valence-electron chi connectivity index (χ4n) is 4.09. The molecule has 1 aromatic rings. The summed E-state index contributed by atoms with van der Waals surface area (Å²) in [4.78, 5) is 29.4. The number of likely N-dealkylation sites (tertiary alicyclic amines) is 1. The van der Waals surface area contributed by atoms with E-state index in [4.69, 9.17) is 9.47 Å². The molecular weight excluding hydrogens is 380 g/mol. The Labute approximate surface area is 180 Å². The zero-order valence-corrected chi connectivity index (χ0v) is 18.9. The zero-order chi connectivity index (χ0) is 21.7. The Bertz CT molecular complexity index is 731. The van der Waals surface area contributed by atoms with Gasteiger partial charge in [0.25, 0.3) is 0 Å². The lowest BCUT2D eigenvalue weighted by molar-refractivity contribution is -0.135. The third-order valence-corrected chi connectivity index (χ3v) is 5.62. The Kier molecular flexibility index (Phi) is 7.27.